The van der Waals surface area contributed by atoms with Crippen molar-refractivity contribution in [2.75, 3.05) is 12.3 Å². The van der Waals surface area contributed by atoms with Crippen LogP contribution in [0.4, 0.5) is 5.69 Å². The molecule has 0 heterocycles. The number of nitrogens with one attached hydrogen (secondary N) is 1. The third-order valence-electron chi connectivity index (χ3n) is 3.19. The molecule has 1 aromatic rings. The van der Waals surface area contributed by atoms with E-state index in [4.69, 9.17) is 5.73 Å². The lowest BCUT2D eigenvalue weighted by atomic mass is 10.1. The lowest BCUT2D eigenvalue weighted by molar-refractivity contribution is 0.622. The minimum absolute atomic E-state index is 0.790. The average molecular weight is 204 g/mol. The van der Waals surface area contributed by atoms with E-state index < -0.39 is 0 Å². The predicted octanol–water partition coefficient (Wildman–Crippen LogP) is 2.20. The minimum Gasteiger partial charge on any atom is -0.399 e. The fraction of sp³-hybridized carbons (Fsp3) is 0.538. The molecule has 0 aromatic heterocycles. The molecule has 1 aromatic carbocycles. The fourth-order valence-electron chi connectivity index (χ4n) is 1.93. The van der Waals surface area contributed by atoms with E-state index in [1.54, 1.807) is 0 Å². The molecule has 15 heavy (non-hydrogen) atoms. The number of para-hydroxylation sites is 1. The van der Waals surface area contributed by atoms with Crippen molar-refractivity contribution in [3.05, 3.63) is 29.8 Å². The molecule has 0 aliphatic heterocycles. The number of hydrogen-bond acceptors (Lipinski definition) is 2. The maximum Gasteiger partial charge on any atom is 0.0346 e. The zero-order valence-electron chi connectivity index (χ0n) is 9.37. The zero-order valence-corrected chi connectivity index (χ0v) is 9.37. The van der Waals surface area contributed by atoms with Crippen LogP contribution in [-0.2, 0) is 6.42 Å². The third-order valence-corrected chi connectivity index (χ3v) is 3.19. The first kappa shape index (κ1) is 10.5. The number of benzene rings is 1. The topological polar surface area (TPSA) is 38.0 Å². The molecule has 1 saturated carbocycles. The second kappa shape index (κ2) is 4.67. The number of rotatable bonds is 5. The summed E-state index contributed by atoms with van der Waals surface area (Å²) in [4.78, 5) is 0. The summed E-state index contributed by atoms with van der Waals surface area (Å²) in [6.07, 6.45) is 3.62. The standard InChI is InChI=1S/C13H20N2/c1-10-9-13(10)15-8-4-6-11-5-2-3-7-12(11)14/h2-3,5,7,10,13,15H,4,6,8-9,14H2,1H3. The van der Waals surface area contributed by atoms with Gasteiger partial charge in [0.1, 0.15) is 0 Å². The maximum atomic E-state index is 5.88. The zero-order chi connectivity index (χ0) is 10.7. The Bertz CT molecular complexity index is 322. The highest BCUT2D eigenvalue weighted by Gasteiger charge is 2.31. The van der Waals surface area contributed by atoms with Gasteiger partial charge in [-0.05, 0) is 43.4 Å². The van der Waals surface area contributed by atoms with Gasteiger partial charge in [-0.15, -0.1) is 0 Å². The van der Waals surface area contributed by atoms with Crippen LogP contribution < -0.4 is 11.1 Å². The van der Waals surface area contributed by atoms with Gasteiger partial charge in [0.15, 0.2) is 0 Å². The molecule has 2 unspecified atom stereocenters. The van der Waals surface area contributed by atoms with E-state index in [-0.39, 0.29) is 0 Å². The van der Waals surface area contributed by atoms with Gasteiger partial charge in [0.05, 0.1) is 0 Å². The summed E-state index contributed by atoms with van der Waals surface area (Å²) in [5, 5.41) is 3.56. The SMILES string of the molecule is CC1CC1NCCCc1ccccc1N. The van der Waals surface area contributed by atoms with Gasteiger partial charge in [0.25, 0.3) is 0 Å². The fourth-order valence-corrected chi connectivity index (χ4v) is 1.93. The van der Waals surface area contributed by atoms with Crippen LogP contribution in [0.1, 0.15) is 25.3 Å². The summed E-state index contributed by atoms with van der Waals surface area (Å²) >= 11 is 0. The Hall–Kier alpha value is -1.02. The van der Waals surface area contributed by atoms with Gasteiger partial charge in [-0.2, -0.15) is 0 Å². The van der Waals surface area contributed by atoms with Crippen molar-refractivity contribution in [2.24, 2.45) is 5.92 Å². The van der Waals surface area contributed by atoms with Crippen LogP contribution in [0.25, 0.3) is 0 Å². The Morgan fingerprint density at radius 2 is 2.13 bits per heavy atom. The first-order chi connectivity index (χ1) is 7.27. The van der Waals surface area contributed by atoms with Crippen LogP contribution in [0.2, 0.25) is 0 Å². The Labute approximate surface area is 91.9 Å². The molecule has 1 aliphatic carbocycles. The molecule has 1 aliphatic rings. The van der Waals surface area contributed by atoms with E-state index >= 15 is 0 Å². The highest BCUT2D eigenvalue weighted by molar-refractivity contribution is 5.46. The Kier molecular flexibility index (Phi) is 3.27. The van der Waals surface area contributed by atoms with Crippen molar-refractivity contribution in [3.63, 3.8) is 0 Å². The average Bonchev–Trinajstić information content (AvgIpc) is 2.92. The second-order valence-electron chi connectivity index (χ2n) is 4.58. The van der Waals surface area contributed by atoms with Gasteiger partial charge in [-0.1, -0.05) is 25.1 Å². The molecule has 0 bridgehead atoms. The van der Waals surface area contributed by atoms with Crippen molar-refractivity contribution in [3.8, 4) is 0 Å². The molecule has 0 spiro atoms. The van der Waals surface area contributed by atoms with Crippen LogP contribution in [0.3, 0.4) is 0 Å². The van der Waals surface area contributed by atoms with Crippen molar-refractivity contribution < 1.29 is 0 Å². The van der Waals surface area contributed by atoms with Gasteiger partial charge >= 0.3 is 0 Å². The largest absolute Gasteiger partial charge is 0.399 e. The number of nitrogen functional groups attached to an aromatic ring is 1. The molecule has 0 amide bonds. The molecule has 2 heteroatoms. The lowest BCUT2D eigenvalue weighted by Crippen LogP contribution is -2.19. The summed E-state index contributed by atoms with van der Waals surface area (Å²) in [6, 6.07) is 8.93. The van der Waals surface area contributed by atoms with E-state index in [9.17, 15) is 0 Å². The van der Waals surface area contributed by atoms with Gasteiger partial charge in [-0.25, -0.2) is 0 Å². The smallest absolute Gasteiger partial charge is 0.0346 e. The van der Waals surface area contributed by atoms with E-state index in [0.29, 0.717) is 0 Å². The highest BCUT2D eigenvalue weighted by Crippen LogP contribution is 2.28. The first-order valence-electron chi connectivity index (χ1n) is 5.84. The highest BCUT2D eigenvalue weighted by atomic mass is 15.0. The first-order valence-corrected chi connectivity index (χ1v) is 5.84. The van der Waals surface area contributed by atoms with Crippen LogP contribution in [0, 0.1) is 5.92 Å². The monoisotopic (exact) mass is 204 g/mol. The van der Waals surface area contributed by atoms with E-state index in [2.05, 4.69) is 24.4 Å². The van der Waals surface area contributed by atoms with E-state index in [1.165, 1.54) is 18.4 Å². The summed E-state index contributed by atoms with van der Waals surface area (Å²) in [5.74, 6) is 0.895. The van der Waals surface area contributed by atoms with E-state index in [1.807, 2.05) is 12.1 Å². The summed E-state index contributed by atoms with van der Waals surface area (Å²) < 4.78 is 0. The summed E-state index contributed by atoms with van der Waals surface area (Å²) in [6.45, 7) is 3.41. The number of nitrogens with two attached hydrogens (primary N) is 1. The van der Waals surface area contributed by atoms with Crippen LogP contribution in [0.5, 0.6) is 0 Å². The van der Waals surface area contributed by atoms with Gasteiger partial charge in [0.2, 0.25) is 0 Å². The molecule has 2 nitrogen and oxygen atoms in total. The molecular weight excluding hydrogens is 184 g/mol. The quantitative estimate of drug-likeness (QED) is 0.570. The minimum atomic E-state index is 0.790. The number of hydrogen-bond donors (Lipinski definition) is 2. The van der Waals surface area contributed by atoms with Gasteiger partial charge in [-0.3, -0.25) is 0 Å². The molecule has 0 saturated heterocycles. The van der Waals surface area contributed by atoms with Crippen LogP contribution in [0.15, 0.2) is 24.3 Å². The van der Waals surface area contributed by atoms with Crippen LogP contribution >= 0.6 is 0 Å². The maximum absolute atomic E-state index is 5.88. The summed E-state index contributed by atoms with van der Waals surface area (Å²) in [5.41, 5.74) is 8.09. The molecule has 82 valence electrons. The molecule has 1 fully saturated rings. The normalized spacial score (nSPS) is 24.1. The molecule has 2 atom stereocenters. The van der Waals surface area contributed by atoms with Crippen molar-refractivity contribution in [1.82, 2.24) is 5.32 Å². The number of aryl methyl sites for hydroxylation is 1. The molecular formula is C13H20N2. The molecule has 3 N–H and O–H groups in total. The lowest BCUT2D eigenvalue weighted by Gasteiger charge is -2.06. The Morgan fingerprint density at radius 1 is 1.40 bits per heavy atom. The second-order valence-corrected chi connectivity index (χ2v) is 4.58. The van der Waals surface area contributed by atoms with Gasteiger partial charge in [0, 0.05) is 11.7 Å². The van der Waals surface area contributed by atoms with E-state index in [0.717, 1.165) is 30.6 Å². The predicted molar refractivity (Wildman–Crippen MR) is 64.7 cm³/mol. The third kappa shape index (κ3) is 2.96. The summed E-state index contributed by atoms with van der Waals surface area (Å²) in [7, 11) is 0. The van der Waals surface area contributed by atoms with Crippen molar-refractivity contribution in [1.29, 1.82) is 0 Å². The Morgan fingerprint density at radius 3 is 2.80 bits per heavy atom. The van der Waals surface area contributed by atoms with Crippen molar-refractivity contribution >= 4 is 5.69 Å². The van der Waals surface area contributed by atoms with Gasteiger partial charge < -0.3 is 11.1 Å². The van der Waals surface area contributed by atoms with Crippen LogP contribution in [-0.4, -0.2) is 12.6 Å². The molecule has 2 rings (SSSR count). The molecule has 0 radical (unpaired) electrons. The van der Waals surface area contributed by atoms with Crippen molar-refractivity contribution in [2.45, 2.75) is 32.2 Å². The Balaban J connectivity index is 1.67. The number of anilines is 1.